The Morgan fingerprint density at radius 3 is 1.30 bits per heavy atom. The molecule has 0 aliphatic carbocycles. The summed E-state index contributed by atoms with van der Waals surface area (Å²) in [6.45, 7) is 0. The quantitative estimate of drug-likeness (QED) is 0.239. The molecule has 2 nitrogen and oxygen atoms in total. The van der Waals surface area contributed by atoms with Gasteiger partial charge in [-0.25, -0.2) is 4.89 Å². The van der Waals surface area contributed by atoms with E-state index < -0.39 is 14.6 Å². The van der Waals surface area contributed by atoms with Crippen LogP contribution in [0.25, 0.3) is 11.1 Å². The maximum atomic E-state index is 15.5. The fraction of sp³-hybridized carbons (Fsp3) is 0. The molecule has 4 heteroatoms. The number of hydrogen-bond acceptors (Lipinski definition) is 2. The van der Waals surface area contributed by atoms with E-state index in [-0.39, 0.29) is 0 Å². The first-order valence-corrected chi connectivity index (χ1v) is 16.7. The molecule has 0 unspecified atom stereocenters. The fourth-order valence-corrected chi connectivity index (χ4v) is 11.2. The highest BCUT2D eigenvalue weighted by atomic mass is 31.2. The topological polar surface area (TPSA) is 37.3 Å². The summed E-state index contributed by atoms with van der Waals surface area (Å²) < 4.78 is 15.5. The third-order valence-electron chi connectivity index (χ3n) is 7.29. The van der Waals surface area contributed by atoms with Crippen molar-refractivity contribution in [1.29, 1.82) is 0 Å². The summed E-state index contributed by atoms with van der Waals surface area (Å²) in [6.07, 6.45) is 0. The summed E-state index contributed by atoms with van der Waals surface area (Å²) in [5.41, 5.74) is 1.74. The van der Waals surface area contributed by atoms with Gasteiger partial charge in [-0.2, -0.15) is 0 Å². The second-order valence-corrected chi connectivity index (χ2v) is 15.1. The second kappa shape index (κ2) is 11.2. The standard InChI is InChI=1S/C36H29O2P2/c37-39(29-17-5-1-6-18-29,30-19-7-2-8-20-30)35-27-15-13-25-33(35)34-26-14-16-28-36(34)40(38,31-21-9-3-10-22-31)32-23-11-4-12-24-32/h1-28,37H/q+1. The molecule has 0 bridgehead atoms. The first-order valence-electron chi connectivity index (χ1n) is 13.3. The van der Waals surface area contributed by atoms with Crippen LogP contribution in [0.5, 0.6) is 0 Å². The number of hydrogen-bond donors (Lipinski definition) is 1. The highest BCUT2D eigenvalue weighted by Gasteiger charge is 2.46. The minimum atomic E-state index is -3.26. The van der Waals surface area contributed by atoms with Gasteiger partial charge in [0.15, 0.2) is 7.14 Å². The van der Waals surface area contributed by atoms with Crippen LogP contribution in [0, 0.1) is 0 Å². The molecule has 40 heavy (non-hydrogen) atoms. The molecule has 0 fully saturated rings. The van der Waals surface area contributed by atoms with Crippen LogP contribution in [0.1, 0.15) is 0 Å². The fourth-order valence-electron chi connectivity index (χ4n) is 5.38. The van der Waals surface area contributed by atoms with Gasteiger partial charge in [-0.15, -0.1) is 0 Å². The van der Waals surface area contributed by atoms with E-state index in [4.69, 9.17) is 0 Å². The molecule has 1 N–H and O–H groups in total. The molecule has 0 atom stereocenters. The normalized spacial score (nSPS) is 11.7. The Morgan fingerprint density at radius 1 is 0.425 bits per heavy atom. The van der Waals surface area contributed by atoms with E-state index in [2.05, 4.69) is 0 Å². The highest BCUT2D eigenvalue weighted by molar-refractivity contribution is 7.91. The Labute approximate surface area is 236 Å². The Balaban J connectivity index is 1.66. The Morgan fingerprint density at radius 2 is 0.800 bits per heavy atom. The van der Waals surface area contributed by atoms with Crippen LogP contribution < -0.4 is 31.8 Å². The third kappa shape index (κ3) is 4.55. The van der Waals surface area contributed by atoms with Gasteiger partial charge >= 0.3 is 0 Å². The van der Waals surface area contributed by atoms with Gasteiger partial charge in [0.25, 0.3) is 0 Å². The van der Waals surface area contributed by atoms with Crippen molar-refractivity contribution in [2.24, 2.45) is 0 Å². The van der Waals surface area contributed by atoms with Crippen molar-refractivity contribution in [3.8, 4) is 11.1 Å². The minimum Gasteiger partial charge on any atom is -0.309 e. The van der Waals surface area contributed by atoms with Crippen molar-refractivity contribution in [1.82, 2.24) is 0 Å². The summed E-state index contributed by atoms with van der Waals surface area (Å²) in [6, 6.07) is 55.3. The van der Waals surface area contributed by atoms with Crippen LogP contribution in [0.15, 0.2) is 170 Å². The Hall–Kier alpha value is -4.06. The molecular weight excluding hydrogens is 526 g/mol. The third-order valence-corrected chi connectivity index (χ3v) is 13.6. The molecule has 0 aliphatic rings. The first kappa shape index (κ1) is 26.2. The van der Waals surface area contributed by atoms with Gasteiger partial charge in [0.1, 0.15) is 15.9 Å². The van der Waals surface area contributed by atoms with Gasteiger partial charge in [-0.05, 0) is 35.9 Å². The van der Waals surface area contributed by atoms with Crippen molar-refractivity contribution in [3.05, 3.63) is 170 Å². The smallest absolute Gasteiger partial charge is 0.239 e. The van der Waals surface area contributed by atoms with Gasteiger partial charge in [0.05, 0.1) is 0 Å². The lowest BCUT2D eigenvalue weighted by atomic mass is 10.1. The number of rotatable bonds is 7. The second-order valence-electron chi connectivity index (χ2n) is 9.62. The molecule has 0 saturated heterocycles. The molecule has 6 aromatic carbocycles. The maximum Gasteiger partial charge on any atom is 0.239 e. The van der Waals surface area contributed by atoms with Gasteiger partial charge in [0.2, 0.25) is 7.49 Å². The van der Waals surface area contributed by atoms with Crippen LogP contribution in [0.2, 0.25) is 0 Å². The van der Waals surface area contributed by atoms with E-state index in [1.807, 2.05) is 170 Å². The van der Waals surface area contributed by atoms with Gasteiger partial charge in [0, 0.05) is 21.5 Å². The lowest BCUT2D eigenvalue weighted by molar-refractivity contribution is 0.592. The van der Waals surface area contributed by atoms with E-state index >= 15 is 4.57 Å². The van der Waals surface area contributed by atoms with Crippen LogP contribution >= 0.6 is 14.6 Å². The van der Waals surface area contributed by atoms with Gasteiger partial charge in [-0.1, -0.05) is 140 Å². The van der Waals surface area contributed by atoms with E-state index in [0.29, 0.717) is 0 Å². The molecule has 0 aromatic heterocycles. The average Bonchev–Trinajstić information content (AvgIpc) is 3.05. The minimum absolute atomic E-state index is 0.757. The van der Waals surface area contributed by atoms with Crippen molar-refractivity contribution in [2.45, 2.75) is 0 Å². The monoisotopic (exact) mass is 555 g/mol. The molecule has 0 saturated carbocycles. The van der Waals surface area contributed by atoms with Crippen LogP contribution in [-0.2, 0) is 4.57 Å². The van der Waals surface area contributed by atoms with E-state index in [1.54, 1.807) is 0 Å². The zero-order valence-corrected chi connectivity index (χ0v) is 23.7. The lowest BCUT2D eigenvalue weighted by Crippen LogP contribution is -2.33. The molecule has 194 valence electrons. The van der Waals surface area contributed by atoms with E-state index in [0.717, 1.165) is 43.0 Å². The van der Waals surface area contributed by atoms with Gasteiger partial charge < -0.3 is 4.57 Å². The molecule has 0 aliphatic heterocycles. The largest absolute Gasteiger partial charge is 0.309 e. The van der Waals surface area contributed by atoms with Crippen LogP contribution in [-0.4, -0.2) is 4.89 Å². The number of benzene rings is 6. The average molecular weight is 556 g/mol. The van der Waals surface area contributed by atoms with Gasteiger partial charge in [-0.3, -0.25) is 0 Å². The van der Waals surface area contributed by atoms with Crippen LogP contribution in [0.4, 0.5) is 0 Å². The zero-order valence-electron chi connectivity index (χ0n) is 21.9. The summed E-state index contributed by atoms with van der Waals surface area (Å²) in [4.78, 5) is 12.8. The highest BCUT2D eigenvalue weighted by Crippen LogP contribution is 2.53. The van der Waals surface area contributed by atoms with Crippen LogP contribution in [0.3, 0.4) is 0 Å². The van der Waals surface area contributed by atoms with Crippen molar-refractivity contribution >= 4 is 46.5 Å². The lowest BCUT2D eigenvalue weighted by Gasteiger charge is -2.26. The molecule has 0 spiro atoms. The first-order chi connectivity index (χ1) is 19.6. The summed E-state index contributed by atoms with van der Waals surface area (Å²) >= 11 is 0. The predicted molar refractivity (Wildman–Crippen MR) is 172 cm³/mol. The van der Waals surface area contributed by atoms with E-state index in [1.165, 1.54) is 0 Å². The summed E-state index contributed by atoms with van der Waals surface area (Å²) in [5.74, 6) is 0. The predicted octanol–water partition coefficient (Wildman–Crippen LogP) is 6.19. The summed E-state index contributed by atoms with van der Waals surface area (Å²) in [5, 5.41) is 4.91. The Kier molecular flexibility index (Phi) is 7.33. The van der Waals surface area contributed by atoms with Crippen molar-refractivity contribution < 1.29 is 9.46 Å². The molecule has 6 aromatic rings. The molecular formula is C36H29O2P2+. The summed E-state index contributed by atoms with van der Waals surface area (Å²) in [7, 11) is -6.30. The van der Waals surface area contributed by atoms with E-state index in [9.17, 15) is 4.89 Å². The van der Waals surface area contributed by atoms with Crippen molar-refractivity contribution in [2.75, 3.05) is 0 Å². The van der Waals surface area contributed by atoms with Crippen molar-refractivity contribution in [3.63, 3.8) is 0 Å². The molecule has 0 radical (unpaired) electrons. The molecule has 6 rings (SSSR count). The Bertz CT molecular complexity index is 1690. The molecule has 0 amide bonds. The molecule has 0 heterocycles. The SMILES string of the molecule is O=P(c1ccccc1)(c1ccccc1)c1ccccc1-c1ccccc1[P+](O)(c1ccccc1)c1ccccc1. The maximum absolute atomic E-state index is 15.5. The zero-order chi connectivity index (χ0) is 27.4.